The third kappa shape index (κ3) is 4.58. The molecule has 26 heavy (non-hydrogen) atoms. The molecule has 1 aromatic heterocycles. The predicted molar refractivity (Wildman–Crippen MR) is 98.3 cm³/mol. The molecule has 2 rings (SSSR count). The van der Waals surface area contributed by atoms with Gasteiger partial charge in [0.1, 0.15) is 9.96 Å². The largest absolute Gasteiger partial charge is 0.491 e. The van der Waals surface area contributed by atoms with E-state index in [1.807, 2.05) is 13.8 Å². The van der Waals surface area contributed by atoms with Crippen LogP contribution in [0.25, 0.3) is 0 Å². The summed E-state index contributed by atoms with van der Waals surface area (Å²) < 4.78 is 29.1. The van der Waals surface area contributed by atoms with Gasteiger partial charge in [-0.15, -0.1) is 0 Å². The summed E-state index contributed by atoms with van der Waals surface area (Å²) >= 11 is 0.764. The number of carbonyl (C=O) groups is 2. The van der Waals surface area contributed by atoms with E-state index >= 15 is 0 Å². The van der Waals surface area contributed by atoms with E-state index in [0.29, 0.717) is 12.4 Å². The molecule has 0 radical (unpaired) electrons. The van der Waals surface area contributed by atoms with Gasteiger partial charge in [0.05, 0.1) is 18.5 Å². The summed E-state index contributed by atoms with van der Waals surface area (Å²) in [5, 5.41) is 0.00909. The second-order valence-corrected chi connectivity index (χ2v) is 9.16. The molecule has 2 amide bonds. The quantitative estimate of drug-likeness (QED) is 0.741. The maximum atomic E-state index is 12.4. The van der Waals surface area contributed by atoms with E-state index in [9.17, 15) is 18.0 Å². The highest BCUT2D eigenvalue weighted by atomic mass is 32.2. The third-order valence-corrected chi connectivity index (χ3v) is 5.89. The highest BCUT2D eigenvalue weighted by Crippen LogP contribution is 2.37. The van der Waals surface area contributed by atoms with Gasteiger partial charge in [-0.25, -0.2) is 18.3 Å². The van der Waals surface area contributed by atoms with Gasteiger partial charge in [-0.1, -0.05) is 37.3 Å². The van der Waals surface area contributed by atoms with Crippen LogP contribution in [-0.2, 0) is 19.4 Å². The number of primary amides is 1. The average Bonchev–Trinajstić information content (AvgIpc) is 3.04. The Kier molecular flexibility index (Phi) is 5.98. The molecule has 0 unspecified atom stereocenters. The number of hydrogen-bond donors (Lipinski definition) is 1. The van der Waals surface area contributed by atoms with Crippen LogP contribution in [0, 0.1) is 5.92 Å². The molecule has 1 heterocycles. The van der Waals surface area contributed by atoms with Crippen molar-refractivity contribution < 1.29 is 22.7 Å². The van der Waals surface area contributed by atoms with Crippen LogP contribution in [0.1, 0.15) is 13.8 Å². The molecule has 0 fully saturated rings. The number of thiazole rings is 1. The molecule has 0 aliphatic heterocycles. The molecule has 1 aromatic carbocycles. The summed E-state index contributed by atoms with van der Waals surface area (Å²) in [5.41, 5.74) is 5.42. The normalized spacial score (nSPS) is 11.4. The Morgan fingerprint density at radius 3 is 2.50 bits per heavy atom. The molecule has 8 nitrogen and oxygen atoms in total. The van der Waals surface area contributed by atoms with Gasteiger partial charge < -0.3 is 10.5 Å². The Morgan fingerprint density at radius 1 is 1.31 bits per heavy atom. The van der Waals surface area contributed by atoms with E-state index in [2.05, 4.69) is 4.98 Å². The van der Waals surface area contributed by atoms with E-state index in [4.69, 9.17) is 10.5 Å². The maximum absolute atomic E-state index is 12.4. The van der Waals surface area contributed by atoms with E-state index in [1.54, 1.807) is 24.3 Å². The first-order chi connectivity index (χ1) is 12.1. The molecule has 0 atom stereocenters. The summed E-state index contributed by atoms with van der Waals surface area (Å²) in [5.74, 6) is -1.65. The number of benzene rings is 1. The zero-order chi connectivity index (χ0) is 19.5. The fourth-order valence-corrected chi connectivity index (χ4v) is 3.69. The first-order valence-corrected chi connectivity index (χ1v) is 10.3. The number of sulfone groups is 1. The van der Waals surface area contributed by atoms with Crippen LogP contribution >= 0.6 is 11.3 Å². The number of aromatic nitrogens is 1. The van der Waals surface area contributed by atoms with Gasteiger partial charge in [0.15, 0.2) is 15.0 Å². The summed E-state index contributed by atoms with van der Waals surface area (Å²) in [6.45, 7) is 4.32. The van der Waals surface area contributed by atoms with E-state index < -0.39 is 21.7 Å². The van der Waals surface area contributed by atoms with Crippen LogP contribution in [0.5, 0.6) is 5.75 Å². The summed E-state index contributed by atoms with van der Waals surface area (Å²) in [6.07, 6.45) is 2.17. The molecule has 0 aliphatic rings. The van der Waals surface area contributed by atoms with Gasteiger partial charge >= 0.3 is 11.8 Å². The molecule has 2 N–H and O–H groups in total. The molecule has 2 aromatic rings. The smallest absolute Gasteiger partial charge is 0.322 e. The molecule has 0 spiro atoms. The minimum atomic E-state index is -3.50. The SMILES string of the molecule is CC(C)COc1ccccc1N(C(=O)C(N)=O)c1ncc(S(C)(=O)=O)s1. The van der Waals surface area contributed by atoms with Gasteiger partial charge in [0, 0.05) is 6.26 Å². The van der Waals surface area contributed by atoms with Crippen LogP contribution in [0.3, 0.4) is 0 Å². The van der Waals surface area contributed by atoms with Crippen molar-refractivity contribution in [1.82, 2.24) is 4.98 Å². The molecule has 0 saturated carbocycles. The first-order valence-electron chi connectivity index (χ1n) is 7.63. The monoisotopic (exact) mass is 397 g/mol. The van der Waals surface area contributed by atoms with Crippen molar-refractivity contribution in [3.63, 3.8) is 0 Å². The summed E-state index contributed by atoms with van der Waals surface area (Å²) in [7, 11) is -3.50. The van der Waals surface area contributed by atoms with E-state index in [0.717, 1.165) is 28.7 Å². The number of nitrogens with two attached hydrogens (primary N) is 1. The number of rotatable bonds is 6. The van der Waals surface area contributed by atoms with Crippen molar-refractivity contribution in [1.29, 1.82) is 0 Å². The Labute approximate surface area is 155 Å². The van der Waals surface area contributed by atoms with Crippen LogP contribution < -0.4 is 15.4 Å². The van der Waals surface area contributed by atoms with Crippen molar-refractivity contribution in [3.8, 4) is 5.75 Å². The molecule has 0 bridgehead atoms. The van der Waals surface area contributed by atoms with Crippen molar-refractivity contribution in [2.24, 2.45) is 11.7 Å². The zero-order valence-corrected chi connectivity index (χ0v) is 16.1. The Bertz CT molecular complexity index is 921. The number of ether oxygens (including phenoxy) is 1. The lowest BCUT2D eigenvalue weighted by molar-refractivity contribution is -0.135. The lowest BCUT2D eigenvalue weighted by atomic mass is 10.2. The molecular weight excluding hydrogens is 378 g/mol. The molecule has 10 heteroatoms. The highest BCUT2D eigenvalue weighted by molar-refractivity contribution is 7.92. The highest BCUT2D eigenvalue weighted by Gasteiger charge is 2.29. The second kappa shape index (κ2) is 7.83. The van der Waals surface area contributed by atoms with Crippen molar-refractivity contribution in [2.45, 2.75) is 18.1 Å². The summed E-state index contributed by atoms with van der Waals surface area (Å²) in [4.78, 5) is 28.9. The second-order valence-electron chi connectivity index (χ2n) is 5.91. The molecule has 0 aliphatic carbocycles. The minimum Gasteiger partial charge on any atom is -0.491 e. The van der Waals surface area contributed by atoms with Crippen LogP contribution in [0.2, 0.25) is 0 Å². The topological polar surface area (TPSA) is 120 Å². The van der Waals surface area contributed by atoms with Crippen LogP contribution in [-0.4, -0.2) is 38.1 Å². The fourth-order valence-electron chi connectivity index (χ4n) is 1.96. The third-order valence-electron chi connectivity index (χ3n) is 3.12. The first kappa shape index (κ1) is 19.9. The number of nitrogens with zero attached hydrogens (tertiary/aromatic N) is 2. The van der Waals surface area contributed by atoms with Crippen LogP contribution in [0.15, 0.2) is 34.7 Å². The molecule has 140 valence electrons. The predicted octanol–water partition coefficient (Wildman–Crippen LogP) is 1.73. The van der Waals surface area contributed by atoms with Gasteiger partial charge in [0.2, 0.25) is 0 Å². The minimum absolute atomic E-state index is 0.00909. The lowest BCUT2D eigenvalue weighted by Crippen LogP contribution is -2.37. The standard InChI is InChI=1S/C16H19N3O5S2/c1-10(2)9-24-12-7-5-4-6-11(12)19(15(21)14(17)20)16-18-8-13(25-16)26(3,22)23/h4-8,10H,9H2,1-3H3,(H2,17,20). The Hall–Kier alpha value is -2.46. The Balaban J connectivity index is 2.55. The van der Waals surface area contributed by atoms with E-state index in [1.165, 1.54) is 0 Å². The average molecular weight is 397 g/mol. The number of anilines is 2. The van der Waals surface area contributed by atoms with Gasteiger partial charge in [0.25, 0.3) is 0 Å². The number of hydrogen-bond acceptors (Lipinski definition) is 7. The van der Waals surface area contributed by atoms with Gasteiger partial charge in [-0.2, -0.15) is 0 Å². The fraction of sp³-hybridized carbons (Fsp3) is 0.312. The number of carbonyl (C=O) groups excluding carboxylic acids is 2. The van der Waals surface area contributed by atoms with Gasteiger partial charge in [-0.3, -0.25) is 9.59 Å². The summed E-state index contributed by atoms with van der Waals surface area (Å²) in [6, 6.07) is 6.59. The maximum Gasteiger partial charge on any atom is 0.322 e. The van der Waals surface area contributed by atoms with Crippen molar-refractivity contribution in [3.05, 3.63) is 30.5 Å². The van der Waals surface area contributed by atoms with Crippen molar-refractivity contribution in [2.75, 3.05) is 17.8 Å². The molecule has 0 saturated heterocycles. The van der Waals surface area contributed by atoms with E-state index in [-0.39, 0.29) is 20.9 Å². The van der Waals surface area contributed by atoms with Gasteiger partial charge in [-0.05, 0) is 18.1 Å². The zero-order valence-electron chi connectivity index (χ0n) is 14.5. The number of amides is 2. The molecular formula is C16H19N3O5S2. The lowest BCUT2D eigenvalue weighted by Gasteiger charge is -2.21. The van der Waals surface area contributed by atoms with Crippen LogP contribution in [0.4, 0.5) is 10.8 Å². The Morgan fingerprint density at radius 2 is 1.96 bits per heavy atom. The van der Waals surface area contributed by atoms with Crippen molar-refractivity contribution >= 4 is 43.8 Å². The number of para-hydroxylation sites is 2.